The van der Waals surface area contributed by atoms with E-state index in [2.05, 4.69) is 20.5 Å². The van der Waals surface area contributed by atoms with Gasteiger partial charge < -0.3 is 15.4 Å². The number of nitrogens with one attached hydrogen (secondary N) is 2. The molecule has 1 amide bonds. The van der Waals surface area contributed by atoms with Gasteiger partial charge in [0.1, 0.15) is 0 Å². The van der Waals surface area contributed by atoms with E-state index in [4.69, 9.17) is 0 Å². The Bertz CT molecular complexity index is 745. The maximum absolute atomic E-state index is 12.6. The highest BCUT2D eigenvalue weighted by atomic mass is 35.5. The predicted octanol–water partition coefficient (Wildman–Crippen LogP) is 1.57. The van der Waals surface area contributed by atoms with Gasteiger partial charge in [-0.05, 0) is 29.8 Å². The zero-order chi connectivity index (χ0) is 17.1. The van der Waals surface area contributed by atoms with Gasteiger partial charge in [0.05, 0.1) is 24.8 Å². The van der Waals surface area contributed by atoms with Gasteiger partial charge in [0.2, 0.25) is 5.91 Å². The van der Waals surface area contributed by atoms with Crippen molar-refractivity contribution in [2.24, 2.45) is 13.0 Å². The zero-order valence-corrected chi connectivity index (χ0v) is 14.9. The topological polar surface area (TPSA) is 85.2 Å². The molecule has 1 aliphatic rings. The Kier molecular flexibility index (Phi) is 6.17. The third kappa shape index (κ3) is 4.18. The summed E-state index contributed by atoms with van der Waals surface area (Å²) in [6.45, 7) is 1.39. The van der Waals surface area contributed by atoms with E-state index in [0.29, 0.717) is 17.8 Å². The van der Waals surface area contributed by atoms with Crippen molar-refractivity contribution < 1.29 is 14.3 Å². The summed E-state index contributed by atoms with van der Waals surface area (Å²) in [7, 11) is 3.20. The van der Waals surface area contributed by atoms with Gasteiger partial charge in [-0.2, -0.15) is 5.10 Å². The fourth-order valence-corrected chi connectivity index (χ4v) is 2.98. The first-order chi connectivity index (χ1) is 11.6. The van der Waals surface area contributed by atoms with Crippen molar-refractivity contribution in [1.82, 2.24) is 15.1 Å². The van der Waals surface area contributed by atoms with Crippen LogP contribution in [0.15, 0.2) is 36.7 Å². The number of aromatic nitrogens is 2. The molecule has 1 aromatic carbocycles. The van der Waals surface area contributed by atoms with Crippen molar-refractivity contribution in [2.45, 2.75) is 5.92 Å². The van der Waals surface area contributed by atoms with Gasteiger partial charge in [0, 0.05) is 37.9 Å². The van der Waals surface area contributed by atoms with Crippen LogP contribution < -0.4 is 10.6 Å². The number of aryl methyl sites for hydroxylation is 1. The van der Waals surface area contributed by atoms with Gasteiger partial charge in [0.25, 0.3) is 0 Å². The molecule has 2 aromatic rings. The molecular formula is C17H21ClN4O3. The predicted molar refractivity (Wildman–Crippen MR) is 96.0 cm³/mol. The molecule has 2 heterocycles. The number of carbonyl (C=O) groups excluding carboxylic acids is 2. The smallest absolute Gasteiger partial charge is 0.337 e. The second kappa shape index (κ2) is 8.13. The second-order valence-corrected chi connectivity index (χ2v) is 5.88. The van der Waals surface area contributed by atoms with Crippen LogP contribution in [0.4, 0.5) is 5.69 Å². The van der Waals surface area contributed by atoms with Crippen molar-refractivity contribution in [2.75, 3.05) is 25.5 Å². The standard InChI is InChI=1S/C17H20N4O3.ClH/c1-21-10-12(7-19-21)14-8-18-9-15(14)16(22)20-13-5-3-11(4-6-13)17(23)24-2;/h3-7,10,14-15,18H,8-9H2,1-2H3,(H,20,22);1H/t14-,15+;/m1./s1. The minimum Gasteiger partial charge on any atom is -0.465 e. The molecule has 134 valence electrons. The average Bonchev–Trinajstić information content (AvgIpc) is 3.23. The molecule has 1 fully saturated rings. The summed E-state index contributed by atoms with van der Waals surface area (Å²) >= 11 is 0. The number of halogens is 1. The van der Waals surface area contributed by atoms with Crippen LogP contribution in [0.1, 0.15) is 21.8 Å². The van der Waals surface area contributed by atoms with E-state index in [0.717, 1.165) is 12.1 Å². The molecule has 2 N–H and O–H groups in total. The summed E-state index contributed by atoms with van der Waals surface area (Å²) < 4.78 is 6.41. The third-order valence-corrected chi connectivity index (χ3v) is 4.28. The fraction of sp³-hybridized carbons (Fsp3) is 0.353. The summed E-state index contributed by atoms with van der Waals surface area (Å²) in [5, 5.41) is 10.4. The highest BCUT2D eigenvalue weighted by Crippen LogP contribution is 2.28. The Balaban J connectivity index is 0.00000225. The number of benzene rings is 1. The van der Waals surface area contributed by atoms with Gasteiger partial charge in [-0.25, -0.2) is 4.79 Å². The molecule has 0 radical (unpaired) electrons. The number of hydrogen-bond donors (Lipinski definition) is 2. The number of methoxy groups -OCH3 is 1. The van der Waals surface area contributed by atoms with E-state index in [1.165, 1.54) is 7.11 Å². The first-order valence-corrected chi connectivity index (χ1v) is 7.77. The molecule has 1 aromatic heterocycles. The van der Waals surface area contributed by atoms with Gasteiger partial charge in [-0.3, -0.25) is 9.48 Å². The molecule has 0 spiro atoms. The largest absolute Gasteiger partial charge is 0.465 e. The average molecular weight is 365 g/mol. The van der Waals surface area contributed by atoms with E-state index >= 15 is 0 Å². The number of rotatable bonds is 4. The molecule has 25 heavy (non-hydrogen) atoms. The monoisotopic (exact) mass is 364 g/mol. The number of esters is 1. The number of ether oxygens (including phenoxy) is 1. The number of nitrogens with zero attached hydrogens (tertiary/aromatic N) is 2. The van der Waals surface area contributed by atoms with Gasteiger partial charge in [0.15, 0.2) is 0 Å². The Morgan fingerprint density at radius 2 is 2.00 bits per heavy atom. The number of amides is 1. The van der Waals surface area contributed by atoms with Crippen LogP contribution in [0, 0.1) is 5.92 Å². The lowest BCUT2D eigenvalue weighted by Crippen LogP contribution is -2.28. The van der Waals surface area contributed by atoms with Crippen LogP contribution in [-0.2, 0) is 16.6 Å². The molecule has 8 heteroatoms. The Morgan fingerprint density at radius 1 is 1.28 bits per heavy atom. The Labute approximate surface area is 152 Å². The van der Waals surface area contributed by atoms with Gasteiger partial charge in [-0.15, -0.1) is 12.4 Å². The van der Waals surface area contributed by atoms with Crippen LogP contribution in [0.5, 0.6) is 0 Å². The molecule has 3 rings (SSSR count). The lowest BCUT2D eigenvalue weighted by Gasteiger charge is -2.17. The first kappa shape index (κ1) is 19.0. The SMILES string of the molecule is COC(=O)c1ccc(NC(=O)[C@H]2CNC[C@@H]2c2cnn(C)c2)cc1.Cl. The number of anilines is 1. The highest BCUT2D eigenvalue weighted by molar-refractivity contribution is 5.95. The number of carbonyl (C=O) groups is 2. The van der Waals surface area contributed by atoms with E-state index in [1.807, 2.05) is 19.4 Å². The van der Waals surface area contributed by atoms with E-state index in [1.54, 1.807) is 28.9 Å². The molecule has 1 aliphatic heterocycles. The molecular weight excluding hydrogens is 344 g/mol. The van der Waals surface area contributed by atoms with Crippen LogP contribution in [0.2, 0.25) is 0 Å². The quantitative estimate of drug-likeness (QED) is 0.804. The lowest BCUT2D eigenvalue weighted by atomic mass is 9.90. The summed E-state index contributed by atoms with van der Waals surface area (Å²) in [6, 6.07) is 6.66. The van der Waals surface area contributed by atoms with Crippen molar-refractivity contribution in [3.05, 3.63) is 47.8 Å². The van der Waals surface area contributed by atoms with Crippen molar-refractivity contribution >= 4 is 30.0 Å². The lowest BCUT2D eigenvalue weighted by molar-refractivity contribution is -0.119. The first-order valence-electron chi connectivity index (χ1n) is 7.77. The fourth-order valence-electron chi connectivity index (χ4n) is 2.98. The van der Waals surface area contributed by atoms with Crippen LogP contribution in [0.3, 0.4) is 0 Å². The molecule has 0 saturated carbocycles. The molecule has 7 nitrogen and oxygen atoms in total. The summed E-state index contributed by atoms with van der Waals surface area (Å²) in [5.41, 5.74) is 2.17. The Hall–Kier alpha value is -2.38. The van der Waals surface area contributed by atoms with Crippen LogP contribution in [0.25, 0.3) is 0 Å². The zero-order valence-electron chi connectivity index (χ0n) is 14.1. The molecule has 1 saturated heterocycles. The van der Waals surface area contributed by atoms with Gasteiger partial charge >= 0.3 is 5.97 Å². The highest BCUT2D eigenvalue weighted by Gasteiger charge is 2.34. The summed E-state index contributed by atoms with van der Waals surface area (Å²) in [5.74, 6) is -0.494. The van der Waals surface area contributed by atoms with E-state index in [9.17, 15) is 9.59 Å². The van der Waals surface area contributed by atoms with Crippen LogP contribution >= 0.6 is 12.4 Å². The molecule has 2 atom stereocenters. The molecule has 0 aliphatic carbocycles. The van der Waals surface area contributed by atoms with Crippen molar-refractivity contribution in [3.63, 3.8) is 0 Å². The normalized spacial score (nSPS) is 19.1. The maximum Gasteiger partial charge on any atom is 0.337 e. The minimum atomic E-state index is -0.399. The van der Waals surface area contributed by atoms with Crippen LogP contribution in [-0.4, -0.2) is 41.9 Å². The third-order valence-electron chi connectivity index (χ3n) is 4.28. The molecule has 0 unspecified atom stereocenters. The second-order valence-electron chi connectivity index (χ2n) is 5.88. The minimum absolute atomic E-state index is 0. The summed E-state index contributed by atoms with van der Waals surface area (Å²) in [6.07, 6.45) is 3.76. The maximum atomic E-state index is 12.6. The Morgan fingerprint density at radius 3 is 2.60 bits per heavy atom. The van der Waals surface area contributed by atoms with E-state index in [-0.39, 0.29) is 30.2 Å². The number of hydrogen-bond acceptors (Lipinski definition) is 5. The van der Waals surface area contributed by atoms with Gasteiger partial charge in [-0.1, -0.05) is 0 Å². The summed E-state index contributed by atoms with van der Waals surface area (Å²) in [4.78, 5) is 24.0. The van der Waals surface area contributed by atoms with E-state index < -0.39 is 5.97 Å². The molecule has 0 bridgehead atoms. The van der Waals surface area contributed by atoms with Crippen molar-refractivity contribution in [1.29, 1.82) is 0 Å². The van der Waals surface area contributed by atoms with Crippen molar-refractivity contribution in [3.8, 4) is 0 Å².